The standard InChI is InChI=1S/C5H9NO6S.Li.H/c1-3(7)12-5(8)4(6)2-13(9,10)11;;/h4H,2,6H2,1H3,(H,9,10,11);;/t4-;;/m1../s1. The molecule has 7 nitrogen and oxygen atoms in total. The Labute approximate surface area is 92.9 Å². The van der Waals surface area contributed by atoms with Crippen molar-refractivity contribution in [3.8, 4) is 0 Å². The summed E-state index contributed by atoms with van der Waals surface area (Å²) in [5.41, 5.74) is 4.99. The van der Waals surface area contributed by atoms with Crippen LogP contribution in [0.15, 0.2) is 0 Å². The van der Waals surface area contributed by atoms with Gasteiger partial charge in [-0.2, -0.15) is 8.42 Å². The zero-order chi connectivity index (χ0) is 10.6. The number of hydrogen-bond donors (Lipinski definition) is 2. The average molecular weight is 219 g/mol. The fourth-order valence-corrected chi connectivity index (χ4v) is 1.10. The third kappa shape index (κ3) is 8.22. The molecule has 1 atom stereocenters. The number of hydrogen-bond acceptors (Lipinski definition) is 6. The van der Waals surface area contributed by atoms with Gasteiger partial charge in [-0.3, -0.25) is 9.35 Å². The first-order valence-corrected chi connectivity index (χ1v) is 4.76. The number of ether oxygens (including phenoxy) is 1. The average Bonchev–Trinajstić information content (AvgIpc) is 1.81. The molecular formula is C5H10LiNO6S. The summed E-state index contributed by atoms with van der Waals surface area (Å²) in [5.74, 6) is -3.06. The van der Waals surface area contributed by atoms with Crippen molar-refractivity contribution in [2.75, 3.05) is 5.75 Å². The summed E-state index contributed by atoms with van der Waals surface area (Å²) in [5, 5.41) is 0. The molecule has 78 valence electrons. The van der Waals surface area contributed by atoms with Gasteiger partial charge in [-0.05, 0) is 0 Å². The minimum atomic E-state index is -4.34. The molecule has 0 aliphatic carbocycles. The Morgan fingerprint density at radius 2 is 1.93 bits per heavy atom. The van der Waals surface area contributed by atoms with E-state index in [0.717, 1.165) is 6.92 Å². The van der Waals surface area contributed by atoms with E-state index in [2.05, 4.69) is 4.74 Å². The van der Waals surface area contributed by atoms with Gasteiger partial charge in [0.15, 0.2) is 0 Å². The van der Waals surface area contributed by atoms with Crippen LogP contribution in [0, 0.1) is 0 Å². The SMILES string of the molecule is CC(=O)OC(=O)[C@H](N)CS(=O)(=O)O.[LiH]. The molecule has 0 aromatic carbocycles. The molecule has 0 fully saturated rings. The van der Waals surface area contributed by atoms with Crippen LogP contribution in [0.5, 0.6) is 0 Å². The Kier molecular flexibility index (Phi) is 7.06. The van der Waals surface area contributed by atoms with Crippen molar-refractivity contribution < 1.29 is 27.3 Å². The Balaban J connectivity index is 0. The summed E-state index contributed by atoms with van der Waals surface area (Å²) >= 11 is 0. The van der Waals surface area contributed by atoms with Gasteiger partial charge in [-0.15, -0.1) is 0 Å². The van der Waals surface area contributed by atoms with Gasteiger partial charge in [-0.1, -0.05) is 0 Å². The fourth-order valence-electron chi connectivity index (χ4n) is 0.512. The summed E-state index contributed by atoms with van der Waals surface area (Å²) in [6.07, 6.45) is 0. The summed E-state index contributed by atoms with van der Waals surface area (Å²) in [4.78, 5) is 20.9. The molecular weight excluding hydrogens is 209 g/mol. The third-order valence-electron chi connectivity index (χ3n) is 0.937. The van der Waals surface area contributed by atoms with Gasteiger partial charge < -0.3 is 10.5 Å². The maximum atomic E-state index is 10.7. The zero-order valence-electron chi connectivity index (χ0n) is 6.76. The van der Waals surface area contributed by atoms with Gasteiger partial charge >= 0.3 is 30.8 Å². The Morgan fingerprint density at radius 3 is 2.21 bits per heavy atom. The summed E-state index contributed by atoms with van der Waals surface area (Å²) < 4.78 is 32.7. The Hall–Kier alpha value is -0.393. The zero-order valence-corrected chi connectivity index (χ0v) is 7.58. The van der Waals surface area contributed by atoms with Crippen molar-refractivity contribution in [2.45, 2.75) is 13.0 Å². The molecule has 0 saturated carbocycles. The van der Waals surface area contributed by atoms with Crippen LogP contribution >= 0.6 is 0 Å². The second-order valence-electron chi connectivity index (χ2n) is 2.27. The molecule has 0 heterocycles. The first-order chi connectivity index (χ1) is 5.72. The molecule has 0 rings (SSSR count). The number of esters is 2. The van der Waals surface area contributed by atoms with Crippen molar-refractivity contribution in [3.05, 3.63) is 0 Å². The van der Waals surface area contributed by atoms with Gasteiger partial charge in [0, 0.05) is 6.92 Å². The van der Waals surface area contributed by atoms with Gasteiger partial charge in [0.25, 0.3) is 10.1 Å². The fraction of sp³-hybridized carbons (Fsp3) is 0.600. The molecule has 0 radical (unpaired) electrons. The topological polar surface area (TPSA) is 124 Å². The van der Waals surface area contributed by atoms with Crippen LogP contribution < -0.4 is 5.73 Å². The van der Waals surface area contributed by atoms with Gasteiger partial charge in [-0.25, -0.2) is 4.79 Å². The maximum absolute atomic E-state index is 10.7. The molecule has 0 unspecified atom stereocenters. The Bertz CT molecular complexity index is 312. The van der Waals surface area contributed by atoms with Gasteiger partial charge in [0.2, 0.25) is 0 Å². The van der Waals surface area contributed by atoms with Gasteiger partial charge in [0.05, 0.1) is 0 Å². The van der Waals surface area contributed by atoms with Crippen molar-refractivity contribution in [2.24, 2.45) is 5.73 Å². The van der Waals surface area contributed by atoms with E-state index < -0.39 is 33.9 Å². The molecule has 3 N–H and O–H groups in total. The van der Waals surface area contributed by atoms with Crippen LogP contribution in [0.25, 0.3) is 0 Å². The molecule has 0 aromatic rings. The van der Waals surface area contributed by atoms with Crippen LogP contribution in [-0.2, 0) is 24.4 Å². The van der Waals surface area contributed by atoms with Crippen LogP contribution in [0.2, 0.25) is 0 Å². The van der Waals surface area contributed by atoms with E-state index >= 15 is 0 Å². The van der Waals surface area contributed by atoms with E-state index in [-0.39, 0.29) is 18.9 Å². The number of nitrogens with two attached hydrogens (primary N) is 1. The molecule has 14 heavy (non-hydrogen) atoms. The van der Waals surface area contributed by atoms with E-state index in [1.54, 1.807) is 0 Å². The second kappa shape index (κ2) is 6.16. The molecule has 0 aromatic heterocycles. The first-order valence-electron chi connectivity index (χ1n) is 3.15. The van der Waals surface area contributed by atoms with Crippen LogP contribution in [0.3, 0.4) is 0 Å². The first kappa shape index (κ1) is 16.1. The Morgan fingerprint density at radius 1 is 1.50 bits per heavy atom. The predicted molar refractivity (Wildman–Crippen MR) is 48.3 cm³/mol. The molecule has 0 saturated heterocycles. The number of rotatable bonds is 3. The summed E-state index contributed by atoms with van der Waals surface area (Å²) in [6.45, 7) is 0.970. The van der Waals surface area contributed by atoms with Crippen LogP contribution in [-0.4, -0.2) is 55.6 Å². The van der Waals surface area contributed by atoms with Crippen molar-refractivity contribution >= 4 is 40.9 Å². The van der Waals surface area contributed by atoms with E-state index in [0.29, 0.717) is 0 Å². The van der Waals surface area contributed by atoms with E-state index in [9.17, 15) is 18.0 Å². The van der Waals surface area contributed by atoms with Crippen molar-refractivity contribution in [3.63, 3.8) is 0 Å². The number of carbonyl (C=O) groups is 2. The third-order valence-corrected chi connectivity index (χ3v) is 1.72. The molecule has 0 aliphatic rings. The van der Waals surface area contributed by atoms with Crippen LogP contribution in [0.4, 0.5) is 0 Å². The van der Waals surface area contributed by atoms with E-state index in [1.807, 2.05) is 0 Å². The minimum absolute atomic E-state index is 0. The number of carbonyl (C=O) groups excluding carboxylic acids is 2. The van der Waals surface area contributed by atoms with Gasteiger partial charge in [0.1, 0.15) is 11.8 Å². The second-order valence-corrected chi connectivity index (χ2v) is 3.76. The van der Waals surface area contributed by atoms with Crippen molar-refractivity contribution in [1.29, 1.82) is 0 Å². The molecule has 0 aliphatic heterocycles. The van der Waals surface area contributed by atoms with Crippen LogP contribution in [0.1, 0.15) is 6.92 Å². The van der Waals surface area contributed by atoms with E-state index in [4.69, 9.17) is 10.3 Å². The normalized spacial score (nSPS) is 12.5. The quantitative estimate of drug-likeness (QED) is 0.235. The monoisotopic (exact) mass is 219 g/mol. The molecule has 0 spiro atoms. The summed E-state index contributed by atoms with van der Waals surface area (Å²) in [7, 11) is -4.34. The van der Waals surface area contributed by atoms with E-state index in [1.165, 1.54) is 0 Å². The summed E-state index contributed by atoms with van der Waals surface area (Å²) in [6, 6.07) is -1.56. The predicted octanol–water partition coefficient (Wildman–Crippen LogP) is -2.36. The van der Waals surface area contributed by atoms with Crippen molar-refractivity contribution in [1.82, 2.24) is 0 Å². The molecule has 0 bridgehead atoms. The molecule has 0 amide bonds. The molecule has 9 heteroatoms.